The monoisotopic (exact) mass is 455 g/mol. The zero-order valence-electron chi connectivity index (χ0n) is 18.9. The summed E-state index contributed by atoms with van der Waals surface area (Å²) in [6, 6.07) is 6.74. The maximum Gasteiger partial charge on any atom is 0.149 e. The van der Waals surface area contributed by atoms with Crippen LogP contribution in [-0.2, 0) is 19.4 Å². The quantitative estimate of drug-likeness (QED) is 0.547. The average molecular weight is 456 g/mol. The number of anilines is 1. The van der Waals surface area contributed by atoms with Crippen LogP contribution in [0.2, 0.25) is 0 Å². The summed E-state index contributed by atoms with van der Waals surface area (Å²) in [5.41, 5.74) is 1.93. The highest BCUT2D eigenvalue weighted by molar-refractivity contribution is 5.62. The maximum atomic E-state index is 14.5. The Morgan fingerprint density at radius 2 is 1.67 bits per heavy atom. The van der Waals surface area contributed by atoms with E-state index in [1.807, 2.05) is 12.3 Å². The van der Waals surface area contributed by atoms with Crippen LogP contribution in [0.1, 0.15) is 37.1 Å². The van der Waals surface area contributed by atoms with Crippen LogP contribution in [0.5, 0.6) is 0 Å². The zero-order chi connectivity index (χ0) is 23.5. The summed E-state index contributed by atoms with van der Waals surface area (Å²) in [4.78, 5) is 10.9. The highest BCUT2D eigenvalue weighted by Crippen LogP contribution is 2.30. The van der Waals surface area contributed by atoms with Crippen molar-refractivity contribution in [2.75, 3.05) is 18.0 Å². The van der Waals surface area contributed by atoms with Crippen molar-refractivity contribution in [2.45, 2.75) is 39.7 Å². The standard InChI is InChI=1S/C26H28F3N3O/c1-16-9-17(2)14-32(13-16)24-7-8-30-12-19(24)3-4-20-5-6-21(27)26(31-20)25-22(28)10-18(15-33)11-23(25)29/h5-8,10-12,16-17,33H,3-4,9,13-15H2,1-2H3/t16-,17+. The minimum atomic E-state index is -0.953. The molecule has 1 fully saturated rings. The number of pyridine rings is 2. The lowest BCUT2D eigenvalue weighted by molar-refractivity contribution is 0.280. The van der Waals surface area contributed by atoms with E-state index >= 15 is 0 Å². The van der Waals surface area contributed by atoms with Crippen LogP contribution in [0.3, 0.4) is 0 Å². The summed E-state index contributed by atoms with van der Waals surface area (Å²) in [5, 5.41) is 9.14. The summed E-state index contributed by atoms with van der Waals surface area (Å²) in [6.45, 7) is 6.00. The van der Waals surface area contributed by atoms with Gasteiger partial charge in [0.25, 0.3) is 0 Å². The molecule has 33 heavy (non-hydrogen) atoms. The van der Waals surface area contributed by atoms with E-state index in [1.54, 1.807) is 6.20 Å². The minimum absolute atomic E-state index is 0.0794. The van der Waals surface area contributed by atoms with Crippen molar-refractivity contribution in [2.24, 2.45) is 11.8 Å². The van der Waals surface area contributed by atoms with E-state index in [0.717, 1.165) is 36.5 Å². The second-order valence-corrected chi connectivity index (χ2v) is 9.08. The van der Waals surface area contributed by atoms with Gasteiger partial charge in [-0.3, -0.25) is 4.98 Å². The molecule has 4 rings (SSSR count). The van der Waals surface area contributed by atoms with Gasteiger partial charge in [-0.2, -0.15) is 0 Å². The third-order valence-corrected chi connectivity index (χ3v) is 6.16. The van der Waals surface area contributed by atoms with Crippen molar-refractivity contribution < 1.29 is 18.3 Å². The van der Waals surface area contributed by atoms with Gasteiger partial charge in [0.2, 0.25) is 0 Å². The van der Waals surface area contributed by atoms with Crippen molar-refractivity contribution in [3.63, 3.8) is 0 Å². The Balaban J connectivity index is 1.58. The number of hydrogen-bond acceptors (Lipinski definition) is 4. The Bertz CT molecular complexity index is 1100. The average Bonchev–Trinajstić information content (AvgIpc) is 2.78. The number of aliphatic hydroxyl groups is 1. The molecule has 0 aliphatic carbocycles. The highest BCUT2D eigenvalue weighted by Gasteiger charge is 2.24. The number of rotatable bonds is 6. The SMILES string of the molecule is C[C@@H]1C[C@H](C)CN(c2ccncc2CCc2ccc(F)c(-c3c(F)cc(CO)cc3F)n2)C1. The highest BCUT2D eigenvalue weighted by atomic mass is 19.1. The number of nitrogens with zero attached hydrogens (tertiary/aromatic N) is 3. The Morgan fingerprint density at radius 3 is 2.33 bits per heavy atom. The normalized spacial score (nSPS) is 18.5. The Morgan fingerprint density at radius 1 is 0.970 bits per heavy atom. The molecule has 1 aliphatic heterocycles. The van der Waals surface area contributed by atoms with Crippen LogP contribution in [-0.4, -0.2) is 28.2 Å². The molecule has 0 saturated carbocycles. The second kappa shape index (κ2) is 9.91. The lowest BCUT2D eigenvalue weighted by atomic mass is 9.91. The molecule has 0 radical (unpaired) electrons. The molecule has 4 nitrogen and oxygen atoms in total. The fourth-order valence-corrected chi connectivity index (χ4v) is 4.78. The van der Waals surface area contributed by atoms with Crippen LogP contribution in [0, 0.1) is 29.3 Å². The zero-order valence-corrected chi connectivity index (χ0v) is 18.9. The first kappa shape index (κ1) is 23.2. The summed E-state index contributed by atoms with van der Waals surface area (Å²) >= 11 is 0. The molecule has 3 heterocycles. The Kier molecular flexibility index (Phi) is 6.98. The predicted molar refractivity (Wildman–Crippen MR) is 122 cm³/mol. The smallest absolute Gasteiger partial charge is 0.149 e. The van der Waals surface area contributed by atoms with Crippen LogP contribution in [0.4, 0.5) is 18.9 Å². The lowest BCUT2D eigenvalue weighted by Crippen LogP contribution is -2.39. The van der Waals surface area contributed by atoms with E-state index in [-0.39, 0.29) is 11.3 Å². The van der Waals surface area contributed by atoms with Crippen molar-refractivity contribution in [1.29, 1.82) is 0 Å². The molecule has 0 bridgehead atoms. The summed E-state index contributed by atoms with van der Waals surface area (Å²) < 4.78 is 43.5. The molecule has 1 aliphatic rings. The third-order valence-electron chi connectivity index (χ3n) is 6.16. The molecule has 1 saturated heterocycles. The first-order chi connectivity index (χ1) is 15.9. The molecule has 1 N–H and O–H groups in total. The molecule has 2 atom stereocenters. The molecule has 7 heteroatoms. The van der Waals surface area contributed by atoms with E-state index in [9.17, 15) is 13.2 Å². The molecular formula is C26H28F3N3O. The topological polar surface area (TPSA) is 49.2 Å². The van der Waals surface area contributed by atoms with E-state index in [0.29, 0.717) is 30.4 Å². The van der Waals surface area contributed by atoms with Crippen LogP contribution in [0.25, 0.3) is 11.3 Å². The Hall–Kier alpha value is -2.93. The number of hydrogen-bond donors (Lipinski definition) is 1. The second-order valence-electron chi connectivity index (χ2n) is 9.08. The van der Waals surface area contributed by atoms with Gasteiger partial charge < -0.3 is 10.0 Å². The first-order valence-corrected chi connectivity index (χ1v) is 11.3. The van der Waals surface area contributed by atoms with Gasteiger partial charge in [0, 0.05) is 36.9 Å². The fraction of sp³-hybridized carbons (Fsp3) is 0.385. The van der Waals surface area contributed by atoms with Crippen molar-refractivity contribution in [3.05, 3.63) is 77.0 Å². The van der Waals surface area contributed by atoms with Crippen LogP contribution < -0.4 is 4.90 Å². The van der Waals surface area contributed by atoms with Gasteiger partial charge in [0.05, 0.1) is 12.2 Å². The van der Waals surface area contributed by atoms with E-state index in [4.69, 9.17) is 5.11 Å². The van der Waals surface area contributed by atoms with Gasteiger partial charge in [0.1, 0.15) is 23.1 Å². The summed E-state index contributed by atoms with van der Waals surface area (Å²) in [7, 11) is 0. The van der Waals surface area contributed by atoms with Crippen LogP contribution >= 0.6 is 0 Å². The molecule has 0 amide bonds. The first-order valence-electron chi connectivity index (χ1n) is 11.3. The number of halogens is 3. The van der Waals surface area contributed by atoms with Gasteiger partial charge >= 0.3 is 0 Å². The third kappa shape index (κ3) is 5.19. The van der Waals surface area contributed by atoms with Gasteiger partial charge in [-0.15, -0.1) is 0 Å². The number of aryl methyl sites for hydroxylation is 2. The van der Waals surface area contributed by atoms with Gasteiger partial charge in [-0.1, -0.05) is 13.8 Å². The van der Waals surface area contributed by atoms with Gasteiger partial charge in [-0.05, 0) is 72.6 Å². The lowest BCUT2D eigenvalue weighted by Gasteiger charge is -2.37. The number of benzene rings is 1. The fourth-order valence-electron chi connectivity index (χ4n) is 4.78. The largest absolute Gasteiger partial charge is 0.392 e. The van der Waals surface area contributed by atoms with E-state index in [1.165, 1.54) is 18.6 Å². The molecular weight excluding hydrogens is 427 g/mol. The van der Waals surface area contributed by atoms with Crippen molar-refractivity contribution in [3.8, 4) is 11.3 Å². The number of aliphatic hydroxyl groups excluding tert-OH is 1. The molecule has 174 valence electrons. The molecule has 3 aromatic rings. The molecule has 0 spiro atoms. The molecule has 1 aromatic carbocycles. The maximum absolute atomic E-state index is 14.5. The number of piperidine rings is 1. The molecule has 0 unspecified atom stereocenters. The summed E-state index contributed by atoms with van der Waals surface area (Å²) in [6.07, 6.45) is 5.94. The van der Waals surface area contributed by atoms with E-state index < -0.39 is 29.6 Å². The molecule has 2 aromatic heterocycles. The van der Waals surface area contributed by atoms with Gasteiger partial charge in [-0.25, -0.2) is 18.2 Å². The summed E-state index contributed by atoms with van der Waals surface area (Å²) in [5.74, 6) is -1.49. The van der Waals surface area contributed by atoms with Crippen LogP contribution in [0.15, 0.2) is 42.7 Å². The predicted octanol–water partition coefficient (Wildman–Crippen LogP) is 5.32. The van der Waals surface area contributed by atoms with Crippen molar-refractivity contribution >= 4 is 5.69 Å². The Labute approximate surface area is 192 Å². The van der Waals surface area contributed by atoms with E-state index in [2.05, 4.69) is 28.7 Å². The minimum Gasteiger partial charge on any atom is -0.392 e. The van der Waals surface area contributed by atoms with Crippen molar-refractivity contribution in [1.82, 2.24) is 9.97 Å². The van der Waals surface area contributed by atoms with Gasteiger partial charge in [0.15, 0.2) is 0 Å². The number of aromatic nitrogens is 2.